The van der Waals surface area contributed by atoms with E-state index < -0.39 is 16.1 Å². The first-order valence-electron chi connectivity index (χ1n) is 8.20. The van der Waals surface area contributed by atoms with Crippen LogP contribution in [0.3, 0.4) is 0 Å². The normalized spacial score (nSPS) is 13.7. The van der Waals surface area contributed by atoms with Gasteiger partial charge in [0.25, 0.3) is 0 Å². The van der Waals surface area contributed by atoms with E-state index in [1.165, 1.54) is 7.11 Å². The number of hydrogen-bond acceptors (Lipinski definition) is 5. The lowest BCUT2D eigenvalue weighted by Crippen LogP contribution is -2.29. The van der Waals surface area contributed by atoms with Crippen LogP contribution in [0.4, 0.5) is 0 Å². The van der Waals surface area contributed by atoms with E-state index in [1.54, 1.807) is 23.6 Å². The van der Waals surface area contributed by atoms with E-state index in [4.69, 9.17) is 4.74 Å². The highest BCUT2D eigenvalue weighted by atomic mass is 32.2. The molecule has 8 heteroatoms. The summed E-state index contributed by atoms with van der Waals surface area (Å²) in [4.78, 5) is 0.224. The van der Waals surface area contributed by atoms with Crippen molar-refractivity contribution in [2.75, 3.05) is 7.11 Å². The zero-order chi connectivity index (χ0) is 18.8. The number of sulfonamides is 1. The van der Waals surface area contributed by atoms with Crippen molar-refractivity contribution in [1.29, 1.82) is 0 Å². The second-order valence-corrected chi connectivity index (χ2v) is 8.62. The smallest absolute Gasteiger partial charge is 0.316 e. The van der Waals surface area contributed by atoms with Gasteiger partial charge < -0.3 is 4.74 Å². The third-order valence-electron chi connectivity index (χ3n) is 3.99. The number of nitrogens with zero attached hydrogens (tertiary/aromatic N) is 3. The van der Waals surface area contributed by atoms with Crippen molar-refractivity contribution in [2.45, 2.75) is 57.5 Å². The average molecular weight is 366 g/mol. The molecule has 25 heavy (non-hydrogen) atoms. The summed E-state index contributed by atoms with van der Waals surface area (Å²) in [6.07, 6.45) is 0. The van der Waals surface area contributed by atoms with Crippen molar-refractivity contribution in [1.82, 2.24) is 19.5 Å². The Morgan fingerprint density at radius 3 is 2.28 bits per heavy atom. The molecule has 1 N–H and O–H groups in total. The van der Waals surface area contributed by atoms with E-state index in [-0.39, 0.29) is 10.3 Å². The van der Waals surface area contributed by atoms with Crippen molar-refractivity contribution >= 4 is 10.0 Å². The first kappa shape index (κ1) is 19.4. The van der Waals surface area contributed by atoms with E-state index in [2.05, 4.69) is 35.7 Å². The predicted octanol–water partition coefficient (Wildman–Crippen LogP) is 2.64. The minimum atomic E-state index is -3.66. The van der Waals surface area contributed by atoms with Gasteiger partial charge in [0.1, 0.15) is 0 Å². The number of benzene rings is 1. The summed E-state index contributed by atoms with van der Waals surface area (Å²) >= 11 is 0. The molecule has 7 nitrogen and oxygen atoms in total. The molecule has 0 bridgehead atoms. The molecule has 0 radical (unpaired) electrons. The monoisotopic (exact) mass is 366 g/mol. The fourth-order valence-electron chi connectivity index (χ4n) is 2.56. The summed E-state index contributed by atoms with van der Waals surface area (Å²) in [6, 6.07) is 6.76. The predicted molar refractivity (Wildman–Crippen MR) is 96.1 cm³/mol. The topological polar surface area (TPSA) is 86.1 Å². The highest BCUT2D eigenvalue weighted by molar-refractivity contribution is 7.89. The Kier molecular flexibility index (Phi) is 5.53. The molecule has 1 atom stereocenters. The second kappa shape index (κ2) is 7.13. The molecule has 0 saturated heterocycles. The number of rotatable bonds is 6. The van der Waals surface area contributed by atoms with Crippen LogP contribution in [-0.2, 0) is 22.0 Å². The molecular weight excluding hydrogens is 340 g/mol. The Labute approximate surface area is 149 Å². The largest absolute Gasteiger partial charge is 0.467 e. The first-order valence-corrected chi connectivity index (χ1v) is 9.68. The van der Waals surface area contributed by atoms with Crippen molar-refractivity contribution < 1.29 is 13.2 Å². The lowest BCUT2D eigenvalue weighted by Gasteiger charge is -2.19. The SMILES string of the molecule is CCn1c(OC)nnc1[C@H](C)NS(=O)(=O)c1ccc(C(C)(C)C)cc1. The van der Waals surface area contributed by atoms with Crippen LogP contribution in [0.2, 0.25) is 0 Å². The molecule has 1 aromatic carbocycles. The maximum absolute atomic E-state index is 12.7. The molecule has 2 aromatic rings. The Bertz CT molecular complexity index is 821. The van der Waals surface area contributed by atoms with Crippen LogP contribution in [0.15, 0.2) is 29.2 Å². The number of hydrogen-bond donors (Lipinski definition) is 1. The average Bonchev–Trinajstić information content (AvgIpc) is 2.96. The van der Waals surface area contributed by atoms with Gasteiger partial charge in [0, 0.05) is 6.54 Å². The zero-order valence-electron chi connectivity index (χ0n) is 15.6. The summed E-state index contributed by atoms with van der Waals surface area (Å²) in [5.74, 6) is 0.509. The molecule has 0 saturated carbocycles. The summed E-state index contributed by atoms with van der Waals surface area (Å²) in [5, 5.41) is 7.97. The van der Waals surface area contributed by atoms with Gasteiger partial charge in [-0.25, -0.2) is 13.1 Å². The van der Waals surface area contributed by atoms with Gasteiger partial charge >= 0.3 is 6.01 Å². The second-order valence-electron chi connectivity index (χ2n) is 6.91. The number of methoxy groups -OCH3 is 1. The summed E-state index contributed by atoms with van der Waals surface area (Å²) < 4.78 is 34.8. The number of aromatic nitrogens is 3. The van der Waals surface area contributed by atoms with Crippen LogP contribution >= 0.6 is 0 Å². The van der Waals surface area contributed by atoms with Gasteiger partial charge in [-0.1, -0.05) is 38.0 Å². The van der Waals surface area contributed by atoms with Crippen LogP contribution in [0, 0.1) is 0 Å². The van der Waals surface area contributed by atoms with Gasteiger partial charge in [-0.3, -0.25) is 4.57 Å². The molecule has 0 spiro atoms. The van der Waals surface area contributed by atoms with E-state index in [0.29, 0.717) is 18.4 Å². The minimum Gasteiger partial charge on any atom is -0.467 e. The van der Waals surface area contributed by atoms with Crippen molar-refractivity contribution in [3.63, 3.8) is 0 Å². The quantitative estimate of drug-likeness (QED) is 0.849. The summed E-state index contributed by atoms with van der Waals surface area (Å²) in [5.41, 5.74) is 1.05. The molecule has 138 valence electrons. The van der Waals surface area contributed by atoms with Crippen LogP contribution < -0.4 is 9.46 Å². The van der Waals surface area contributed by atoms with Gasteiger partial charge in [0.2, 0.25) is 10.0 Å². The minimum absolute atomic E-state index is 0.0306. The maximum atomic E-state index is 12.7. The van der Waals surface area contributed by atoms with Crippen LogP contribution in [0.5, 0.6) is 6.01 Å². The van der Waals surface area contributed by atoms with Gasteiger partial charge in [-0.15, -0.1) is 5.10 Å². The summed E-state index contributed by atoms with van der Waals surface area (Å²) in [6.45, 7) is 10.5. The lowest BCUT2D eigenvalue weighted by molar-refractivity contribution is 0.354. The number of nitrogens with one attached hydrogen (secondary N) is 1. The molecule has 0 unspecified atom stereocenters. The van der Waals surface area contributed by atoms with Crippen molar-refractivity contribution in [3.05, 3.63) is 35.7 Å². The van der Waals surface area contributed by atoms with Gasteiger partial charge in [-0.2, -0.15) is 0 Å². The van der Waals surface area contributed by atoms with Crippen molar-refractivity contribution in [2.24, 2.45) is 0 Å². The summed E-state index contributed by atoms with van der Waals surface area (Å²) in [7, 11) is -2.16. The first-order chi connectivity index (χ1) is 11.6. The van der Waals surface area contributed by atoms with Gasteiger partial charge in [0.15, 0.2) is 5.82 Å². The number of ether oxygens (including phenoxy) is 1. The van der Waals surface area contributed by atoms with Gasteiger partial charge in [-0.05, 0) is 37.0 Å². The van der Waals surface area contributed by atoms with Crippen LogP contribution in [0.25, 0.3) is 0 Å². The Morgan fingerprint density at radius 1 is 1.20 bits per heavy atom. The van der Waals surface area contributed by atoms with E-state index in [0.717, 1.165) is 5.56 Å². The van der Waals surface area contributed by atoms with Crippen LogP contribution in [-0.4, -0.2) is 30.3 Å². The molecule has 0 fully saturated rings. The van der Waals surface area contributed by atoms with E-state index in [1.807, 2.05) is 19.1 Å². The lowest BCUT2D eigenvalue weighted by atomic mass is 9.87. The van der Waals surface area contributed by atoms with E-state index >= 15 is 0 Å². The maximum Gasteiger partial charge on any atom is 0.316 e. The van der Waals surface area contributed by atoms with Crippen molar-refractivity contribution in [3.8, 4) is 6.01 Å². The zero-order valence-corrected chi connectivity index (χ0v) is 16.4. The molecule has 2 rings (SSSR count). The molecule has 1 heterocycles. The van der Waals surface area contributed by atoms with E-state index in [9.17, 15) is 8.42 Å². The third kappa shape index (κ3) is 4.19. The van der Waals surface area contributed by atoms with Gasteiger partial charge in [0.05, 0.1) is 18.0 Å². The molecule has 0 aliphatic heterocycles. The molecule has 0 aliphatic carbocycles. The Hall–Kier alpha value is -1.93. The molecule has 1 aromatic heterocycles. The fourth-order valence-corrected chi connectivity index (χ4v) is 3.76. The molecular formula is C17H26N4O3S. The standard InChI is InChI=1S/C17H26N4O3S/c1-7-21-15(18-19-16(21)24-6)12(2)20-25(22,23)14-10-8-13(9-11-14)17(3,4)5/h8-12,20H,7H2,1-6H3/t12-/m0/s1. The Morgan fingerprint density at radius 2 is 1.80 bits per heavy atom. The Balaban J connectivity index is 2.25. The third-order valence-corrected chi connectivity index (χ3v) is 5.55. The molecule has 0 aliphatic rings. The molecule has 0 amide bonds. The highest BCUT2D eigenvalue weighted by Crippen LogP contribution is 2.24. The fraction of sp³-hybridized carbons (Fsp3) is 0.529. The van der Waals surface area contributed by atoms with Crippen LogP contribution in [0.1, 0.15) is 52.0 Å². The highest BCUT2D eigenvalue weighted by Gasteiger charge is 2.24.